The van der Waals surface area contributed by atoms with Crippen LogP contribution in [0, 0.1) is 5.82 Å². The van der Waals surface area contributed by atoms with Gasteiger partial charge in [0.2, 0.25) is 0 Å². The first kappa shape index (κ1) is 27.6. The SMILES string of the molecule is COC(=O)c1cc(F)c2nc(N3[C@@H]4CC[C@H]3CC(OC(=O)c3c(-c5c(Cl)cccc5Cl)noc3C3CCC3)C4)sc2c1. The summed E-state index contributed by atoms with van der Waals surface area (Å²) in [6, 6.07) is 8.07. The number of hydrogen-bond donors (Lipinski definition) is 0. The van der Waals surface area contributed by atoms with Gasteiger partial charge in [-0.05, 0) is 49.9 Å². The fourth-order valence-electron chi connectivity index (χ4n) is 6.41. The van der Waals surface area contributed by atoms with Gasteiger partial charge in [0.05, 0.1) is 27.4 Å². The minimum absolute atomic E-state index is 0.0799. The lowest BCUT2D eigenvalue weighted by Gasteiger charge is -2.38. The molecule has 2 saturated heterocycles. The van der Waals surface area contributed by atoms with Crippen molar-refractivity contribution in [2.24, 2.45) is 0 Å². The van der Waals surface area contributed by atoms with Crippen LogP contribution in [0.5, 0.6) is 0 Å². The van der Waals surface area contributed by atoms with E-state index in [0.29, 0.717) is 55.3 Å². The third-order valence-electron chi connectivity index (χ3n) is 8.64. The molecule has 1 aliphatic carbocycles. The van der Waals surface area contributed by atoms with Crippen molar-refractivity contribution >= 4 is 61.8 Å². The molecule has 3 atom stereocenters. The van der Waals surface area contributed by atoms with E-state index < -0.39 is 17.8 Å². The molecule has 2 bridgehead atoms. The molecule has 2 aromatic heterocycles. The van der Waals surface area contributed by atoms with Gasteiger partial charge in [-0.2, -0.15) is 0 Å². The molecule has 2 aromatic carbocycles. The molecule has 0 N–H and O–H groups in total. The monoisotopic (exact) mass is 629 g/mol. The van der Waals surface area contributed by atoms with Crippen molar-refractivity contribution in [2.45, 2.75) is 69.1 Å². The average molecular weight is 631 g/mol. The van der Waals surface area contributed by atoms with E-state index in [1.807, 2.05) is 0 Å². The molecule has 0 spiro atoms. The van der Waals surface area contributed by atoms with Gasteiger partial charge in [-0.3, -0.25) is 0 Å². The van der Waals surface area contributed by atoms with Gasteiger partial charge in [0.25, 0.3) is 0 Å². The zero-order chi connectivity index (χ0) is 29.1. The van der Waals surface area contributed by atoms with Gasteiger partial charge >= 0.3 is 11.9 Å². The fraction of sp³-hybridized carbons (Fsp3) is 0.400. The summed E-state index contributed by atoms with van der Waals surface area (Å²) in [7, 11) is 1.27. The molecule has 3 aliphatic rings. The normalized spacial score (nSPS) is 21.9. The Morgan fingerprint density at radius 2 is 1.79 bits per heavy atom. The fourth-order valence-corrected chi connectivity index (χ4v) is 8.15. The minimum Gasteiger partial charge on any atom is -0.465 e. The lowest BCUT2D eigenvalue weighted by atomic mass is 9.81. The summed E-state index contributed by atoms with van der Waals surface area (Å²) in [6.07, 6.45) is 5.61. The highest BCUT2D eigenvalue weighted by Crippen LogP contribution is 2.46. The Morgan fingerprint density at radius 3 is 2.43 bits per heavy atom. The molecule has 0 amide bonds. The molecule has 1 saturated carbocycles. The van der Waals surface area contributed by atoms with Crippen LogP contribution in [0.25, 0.3) is 21.5 Å². The maximum atomic E-state index is 14.8. The zero-order valence-corrected chi connectivity index (χ0v) is 24.9. The Labute approximate surface area is 254 Å². The molecule has 8 nitrogen and oxygen atoms in total. The van der Waals surface area contributed by atoms with Crippen LogP contribution in [0.3, 0.4) is 0 Å². The second-order valence-electron chi connectivity index (χ2n) is 11.1. The number of fused-ring (bicyclic) bond motifs is 3. The highest BCUT2D eigenvalue weighted by atomic mass is 35.5. The number of rotatable bonds is 6. The quantitative estimate of drug-likeness (QED) is 0.199. The lowest BCUT2D eigenvalue weighted by Crippen LogP contribution is -2.46. The van der Waals surface area contributed by atoms with Crippen LogP contribution in [-0.2, 0) is 9.47 Å². The van der Waals surface area contributed by atoms with Crippen LogP contribution in [0.2, 0.25) is 10.0 Å². The van der Waals surface area contributed by atoms with Crippen molar-refractivity contribution in [3.63, 3.8) is 0 Å². The number of ether oxygens (including phenoxy) is 2. The highest BCUT2D eigenvalue weighted by Gasteiger charge is 2.44. The number of benzene rings is 2. The van der Waals surface area contributed by atoms with Gasteiger partial charge in [-0.15, -0.1) is 0 Å². The first-order valence-corrected chi connectivity index (χ1v) is 15.5. The third kappa shape index (κ3) is 4.64. The largest absolute Gasteiger partial charge is 0.465 e. The topological polar surface area (TPSA) is 94.8 Å². The summed E-state index contributed by atoms with van der Waals surface area (Å²) in [5, 5.41) is 5.70. The molecule has 1 unspecified atom stereocenters. The van der Waals surface area contributed by atoms with E-state index in [1.165, 1.54) is 18.4 Å². The number of anilines is 1. The number of thiazole rings is 1. The van der Waals surface area contributed by atoms with Crippen molar-refractivity contribution in [1.29, 1.82) is 0 Å². The number of esters is 2. The number of aromatic nitrogens is 2. The maximum Gasteiger partial charge on any atom is 0.344 e. The van der Waals surface area contributed by atoms with Crippen LogP contribution in [0.4, 0.5) is 9.52 Å². The number of carbonyl (C=O) groups is 2. The molecule has 12 heteroatoms. The van der Waals surface area contributed by atoms with E-state index in [9.17, 15) is 14.0 Å². The minimum atomic E-state index is -0.596. The van der Waals surface area contributed by atoms with E-state index in [1.54, 1.807) is 24.3 Å². The summed E-state index contributed by atoms with van der Waals surface area (Å²) in [4.78, 5) is 32.6. The molecule has 2 aliphatic heterocycles. The highest BCUT2D eigenvalue weighted by molar-refractivity contribution is 7.22. The van der Waals surface area contributed by atoms with Gasteiger partial charge in [0.1, 0.15) is 22.9 Å². The molecular weight excluding hydrogens is 604 g/mol. The van der Waals surface area contributed by atoms with E-state index in [-0.39, 0.29) is 35.2 Å². The molecule has 42 heavy (non-hydrogen) atoms. The molecular formula is C30H26Cl2FN3O5S. The van der Waals surface area contributed by atoms with Gasteiger partial charge in [0, 0.05) is 36.4 Å². The average Bonchev–Trinajstić information content (AvgIpc) is 3.61. The number of hydrogen-bond acceptors (Lipinski definition) is 9. The Kier molecular flexibility index (Phi) is 7.11. The Morgan fingerprint density at radius 1 is 1.07 bits per heavy atom. The summed E-state index contributed by atoms with van der Waals surface area (Å²) in [5.41, 5.74) is 1.44. The van der Waals surface area contributed by atoms with E-state index in [0.717, 1.165) is 38.2 Å². The number of carbonyl (C=O) groups excluding carboxylic acids is 2. The van der Waals surface area contributed by atoms with Crippen molar-refractivity contribution in [1.82, 2.24) is 10.1 Å². The first-order chi connectivity index (χ1) is 20.3. The second-order valence-corrected chi connectivity index (χ2v) is 12.9. The number of methoxy groups -OCH3 is 1. The van der Waals surface area contributed by atoms with E-state index >= 15 is 0 Å². The standard InChI is InChI=1S/C30H26Cl2FN3O5S/c1-39-28(37)15-10-21(33)25-22(11-15)42-30(34-25)36-16-8-9-17(36)13-18(12-16)40-29(38)24-26(23-19(31)6-3-7-20(23)32)35-41-27(24)14-4-2-5-14/h3,6-7,10-11,14,16-18H,2,4-5,8-9,12-13H2,1H3/t16-,17+,18?. The Balaban J connectivity index is 1.14. The van der Waals surface area contributed by atoms with Crippen LogP contribution in [-0.4, -0.2) is 47.4 Å². The summed E-state index contributed by atoms with van der Waals surface area (Å²) >= 11 is 14.3. The molecule has 7 rings (SSSR count). The summed E-state index contributed by atoms with van der Waals surface area (Å²) < 4.78 is 32.1. The smallest absolute Gasteiger partial charge is 0.344 e. The van der Waals surface area contributed by atoms with Crippen LogP contribution < -0.4 is 4.90 Å². The van der Waals surface area contributed by atoms with E-state index in [4.69, 9.17) is 37.2 Å². The van der Waals surface area contributed by atoms with Crippen molar-refractivity contribution in [3.8, 4) is 11.3 Å². The molecule has 218 valence electrons. The maximum absolute atomic E-state index is 14.8. The Bertz CT molecular complexity index is 1690. The summed E-state index contributed by atoms with van der Waals surface area (Å²) in [5.74, 6) is -1.01. The number of piperidine rings is 1. The lowest BCUT2D eigenvalue weighted by molar-refractivity contribution is 0.0200. The summed E-state index contributed by atoms with van der Waals surface area (Å²) in [6.45, 7) is 0. The number of halogens is 3. The predicted molar refractivity (Wildman–Crippen MR) is 157 cm³/mol. The van der Waals surface area contributed by atoms with Gasteiger partial charge in [-0.25, -0.2) is 19.0 Å². The second kappa shape index (κ2) is 10.8. The van der Waals surface area contributed by atoms with Crippen molar-refractivity contribution in [3.05, 3.63) is 63.1 Å². The van der Waals surface area contributed by atoms with Crippen LogP contribution >= 0.6 is 34.5 Å². The van der Waals surface area contributed by atoms with Gasteiger partial charge in [-0.1, -0.05) is 52.2 Å². The molecule has 0 radical (unpaired) electrons. The third-order valence-corrected chi connectivity index (χ3v) is 10.3. The zero-order valence-electron chi connectivity index (χ0n) is 22.6. The van der Waals surface area contributed by atoms with Crippen molar-refractivity contribution < 1.29 is 28.0 Å². The molecule has 4 heterocycles. The first-order valence-electron chi connectivity index (χ1n) is 13.9. The predicted octanol–water partition coefficient (Wildman–Crippen LogP) is 7.81. The van der Waals surface area contributed by atoms with E-state index in [2.05, 4.69) is 15.0 Å². The van der Waals surface area contributed by atoms with Gasteiger partial charge < -0.3 is 18.9 Å². The number of nitrogens with zero attached hydrogens (tertiary/aromatic N) is 3. The van der Waals surface area contributed by atoms with Gasteiger partial charge in [0.15, 0.2) is 16.7 Å². The Hall–Kier alpha value is -3.21. The van der Waals surface area contributed by atoms with Crippen LogP contribution in [0.1, 0.15) is 77.3 Å². The van der Waals surface area contributed by atoms with Crippen LogP contribution in [0.15, 0.2) is 34.9 Å². The molecule has 4 aromatic rings. The molecule has 3 fully saturated rings. The van der Waals surface area contributed by atoms with Crippen molar-refractivity contribution in [2.75, 3.05) is 12.0 Å².